The van der Waals surface area contributed by atoms with E-state index in [1.807, 2.05) is 6.92 Å². The van der Waals surface area contributed by atoms with Crippen molar-refractivity contribution in [1.29, 1.82) is 0 Å². The number of carbonyl (C=O) groups is 2. The summed E-state index contributed by atoms with van der Waals surface area (Å²) in [6, 6.07) is 7.98. The van der Waals surface area contributed by atoms with Crippen molar-refractivity contribution in [3.8, 4) is 11.3 Å². The number of aromatic nitrogens is 1. The molecule has 0 aliphatic heterocycles. The molecular weight excluding hydrogens is 431 g/mol. The second-order valence-electron chi connectivity index (χ2n) is 8.80. The summed E-state index contributed by atoms with van der Waals surface area (Å²) in [6.07, 6.45) is 3.19. The highest BCUT2D eigenvalue weighted by Gasteiger charge is 2.36. The van der Waals surface area contributed by atoms with Crippen molar-refractivity contribution >= 4 is 23.2 Å². The molecule has 1 aliphatic rings. The zero-order valence-electron chi connectivity index (χ0n) is 18.3. The molecule has 5 nitrogen and oxygen atoms in total. The van der Waals surface area contributed by atoms with Gasteiger partial charge in [0.2, 0.25) is 12.3 Å². The van der Waals surface area contributed by atoms with Gasteiger partial charge >= 0.3 is 0 Å². The van der Waals surface area contributed by atoms with Gasteiger partial charge in [0.1, 0.15) is 17.5 Å². The number of nitrogens with one attached hydrogen (secondary N) is 3. The van der Waals surface area contributed by atoms with Crippen LogP contribution in [0.1, 0.15) is 31.7 Å². The van der Waals surface area contributed by atoms with Gasteiger partial charge in [0.05, 0.1) is 5.52 Å². The first-order valence-electron chi connectivity index (χ1n) is 11.1. The fourth-order valence-electron chi connectivity index (χ4n) is 4.55. The molecule has 0 radical (unpaired) electrons. The first kappa shape index (κ1) is 22.9. The molecule has 8 heteroatoms. The minimum absolute atomic E-state index is 0.0142. The number of fused-ring (bicyclic) bond motifs is 1. The third-order valence-corrected chi connectivity index (χ3v) is 6.36. The highest BCUT2D eigenvalue weighted by atomic mass is 19.1. The Kier molecular flexibility index (Phi) is 6.72. The van der Waals surface area contributed by atoms with Gasteiger partial charge in [-0.15, -0.1) is 0 Å². The Morgan fingerprint density at radius 3 is 2.58 bits per heavy atom. The molecule has 1 aromatic heterocycles. The van der Waals surface area contributed by atoms with E-state index in [0.717, 1.165) is 11.6 Å². The molecule has 1 fully saturated rings. The normalized spacial score (nSPS) is 18.5. The lowest BCUT2D eigenvalue weighted by Crippen LogP contribution is -2.43. The largest absolute Gasteiger partial charge is 0.359 e. The van der Waals surface area contributed by atoms with Crippen molar-refractivity contribution in [2.45, 2.75) is 38.6 Å². The fraction of sp³-hybridized carbons (Fsp3) is 0.360. The summed E-state index contributed by atoms with van der Waals surface area (Å²) < 4.78 is 41.9. The molecule has 1 saturated carbocycles. The number of halogens is 3. The number of hydrogen-bond donors (Lipinski definition) is 3. The molecule has 0 bridgehead atoms. The van der Waals surface area contributed by atoms with E-state index in [1.165, 1.54) is 18.2 Å². The van der Waals surface area contributed by atoms with E-state index in [-0.39, 0.29) is 35.1 Å². The summed E-state index contributed by atoms with van der Waals surface area (Å²) in [4.78, 5) is 25.9. The maximum absolute atomic E-state index is 14.4. The Balaban J connectivity index is 1.49. The van der Waals surface area contributed by atoms with Crippen LogP contribution in [0.2, 0.25) is 0 Å². The highest BCUT2D eigenvalue weighted by Crippen LogP contribution is 2.41. The van der Waals surface area contributed by atoms with E-state index in [1.54, 1.807) is 12.1 Å². The third-order valence-electron chi connectivity index (χ3n) is 6.36. The zero-order valence-corrected chi connectivity index (χ0v) is 18.3. The van der Waals surface area contributed by atoms with E-state index >= 15 is 0 Å². The maximum Gasteiger partial charge on any atom is 0.223 e. The molecule has 174 valence electrons. The number of amides is 2. The Morgan fingerprint density at radius 2 is 1.88 bits per heavy atom. The van der Waals surface area contributed by atoms with Gasteiger partial charge in [-0.25, -0.2) is 13.2 Å². The van der Waals surface area contributed by atoms with Gasteiger partial charge in [0.25, 0.3) is 0 Å². The fourth-order valence-corrected chi connectivity index (χ4v) is 4.55. The second-order valence-corrected chi connectivity index (χ2v) is 8.80. The minimum atomic E-state index is -0.677. The average Bonchev–Trinajstić information content (AvgIpc) is 3.09. The lowest BCUT2D eigenvalue weighted by Gasteiger charge is -2.35. The van der Waals surface area contributed by atoms with Crippen molar-refractivity contribution in [1.82, 2.24) is 15.6 Å². The lowest BCUT2D eigenvalue weighted by atomic mass is 9.71. The van der Waals surface area contributed by atoms with E-state index in [9.17, 15) is 22.8 Å². The van der Waals surface area contributed by atoms with Crippen LogP contribution in [0.3, 0.4) is 0 Å². The first-order valence-corrected chi connectivity index (χ1v) is 11.1. The zero-order chi connectivity index (χ0) is 23.5. The number of rotatable bonds is 9. The number of aromatic amines is 1. The minimum Gasteiger partial charge on any atom is -0.359 e. The van der Waals surface area contributed by atoms with Gasteiger partial charge in [0, 0.05) is 35.7 Å². The molecule has 2 amide bonds. The van der Waals surface area contributed by atoms with Crippen LogP contribution < -0.4 is 10.6 Å². The average molecular weight is 457 g/mol. The molecule has 1 unspecified atom stereocenters. The van der Waals surface area contributed by atoms with E-state index in [0.29, 0.717) is 55.3 Å². The molecule has 1 atom stereocenters. The van der Waals surface area contributed by atoms with Gasteiger partial charge in [-0.05, 0) is 80.0 Å². The van der Waals surface area contributed by atoms with Crippen molar-refractivity contribution < 1.29 is 22.8 Å². The summed E-state index contributed by atoms with van der Waals surface area (Å²) in [6.45, 7) is 2.39. The number of benzene rings is 2. The summed E-state index contributed by atoms with van der Waals surface area (Å²) in [5.74, 6) is -1.64. The second kappa shape index (κ2) is 9.68. The Hall–Kier alpha value is -3.29. The molecule has 3 aromatic rings. The quantitative estimate of drug-likeness (QED) is 0.328. The molecule has 33 heavy (non-hydrogen) atoms. The van der Waals surface area contributed by atoms with Crippen LogP contribution in [0.15, 0.2) is 36.4 Å². The summed E-state index contributed by atoms with van der Waals surface area (Å²) in [5.41, 5.74) is 2.32. The highest BCUT2D eigenvalue weighted by molar-refractivity contribution is 5.91. The topological polar surface area (TPSA) is 74.0 Å². The van der Waals surface area contributed by atoms with E-state index < -0.39 is 11.6 Å². The van der Waals surface area contributed by atoms with Crippen LogP contribution >= 0.6 is 0 Å². The van der Waals surface area contributed by atoms with Crippen LogP contribution in [0.25, 0.3) is 22.2 Å². The molecule has 1 heterocycles. The number of H-pyrrole nitrogens is 1. The van der Waals surface area contributed by atoms with E-state index in [4.69, 9.17) is 0 Å². The van der Waals surface area contributed by atoms with Gasteiger partial charge in [0.15, 0.2) is 0 Å². The predicted molar refractivity (Wildman–Crippen MR) is 120 cm³/mol. The summed E-state index contributed by atoms with van der Waals surface area (Å²) in [5, 5.41) is 6.02. The van der Waals surface area contributed by atoms with Crippen LogP contribution in [-0.4, -0.2) is 29.9 Å². The first-order chi connectivity index (χ1) is 15.9. The summed E-state index contributed by atoms with van der Waals surface area (Å²) >= 11 is 0. The summed E-state index contributed by atoms with van der Waals surface area (Å²) in [7, 11) is 0. The Morgan fingerprint density at radius 1 is 1.15 bits per heavy atom. The number of hydrogen-bond acceptors (Lipinski definition) is 2. The van der Waals surface area contributed by atoms with Crippen LogP contribution in [0.4, 0.5) is 13.2 Å². The Bertz CT molecular complexity index is 1150. The molecule has 0 saturated heterocycles. The molecule has 1 aliphatic carbocycles. The van der Waals surface area contributed by atoms with Crippen LogP contribution in [0, 0.1) is 29.3 Å². The smallest absolute Gasteiger partial charge is 0.223 e. The molecule has 2 aromatic carbocycles. The SMILES string of the molecule is CC(CCNC=O)NC(=O)C1CC(Cc2c(-c3ccc(F)cc3)[nH]c3c(F)cc(F)cc23)C1. The van der Waals surface area contributed by atoms with E-state index in [2.05, 4.69) is 15.6 Å². The third kappa shape index (κ3) is 5.05. The Labute approximate surface area is 189 Å². The number of carbonyl (C=O) groups excluding carboxylic acids is 2. The standard InChI is InChI=1S/C25H26F3N3O2/c1-14(6-7-29-13-32)30-25(33)17-8-15(9-17)10-20-21-11-19(27)12-22(28)24(21)31-23(20)16-2-4-18(26)5-3-16/h2-5,11-15,17,31H,6-10H2,1H3,(H,29,32)(H,30,33). The predicted octanol–water partition coefficient (Wildman–Crippen LogP) is 4.46. The molecule has 0 spiro atoms. The monoisotopic (exact) mass is 457 g/mol. The van der Waals surface area contributed by atoms with Crippen LogP contribution in [0.5, 0.6) is 0 Å². The van der Waals surface area contributed by atoms with Gasteiger partial charge in [-0.2, -0.15) is 0 Å². The van der Waals surface area contributed by atoms with Gasteiger partial charge < -0.3 is 15.6 Å². The van der Waals surface area contributed by atoms with Crippen molar-refractivity contribution in [2.24, 2.45) is 11.8 Å². The maximum atomic E-state index is 14.4. The van der Waals surface area contributed by atoms with Crippen molar-refractivity contribution in [3.05, 3.63) is 59.4 Å². The van der Waals surface area contributed by atoms with Crippen LogP contribution in [-0.2, 0) is 16.0 Å². The molecule has 3 N–H and O–H groups in total. The van der Waals surface area contributed by atoms with Gasteiger partial charge in [-0.3, -0.25) is 9.59 Å². The van der Waals surface area contributed by atoms with Crippen molar-refractivity contribution in [3.63, 3.8) is 0 Å². The molecule has 4 rings (SSSR count). The van der Waals surface area contributed by atoms with Gasteiger partial charge in [-0.1, -0.05) is 0 Å². The van der Waals surface area contributed by atoms with Crippen molar-refractivity contribution in [2.75, 3.05) is 6.54 Å². The molecular formula is C25H26F3N3O2. The lowest BCUT2D eigenvalue weighted by molar-refractivity contribution is -0.129.